The summed E-state index contributed by atoms with van der Waals surface area (Å²) in [7, 11) is 5.30. The maximum absolute atomic E-state index is 13.8. The molecule has 2 radical (unpaired) electrons. The van der Waals surface area contributed by atoms with E-state index in [2.05, 4.69) is 20.2 Å². The zero-order chi connectivity index (χ0) is 36.9. The Morgan fingerprint density at radius 1 is 1.10 bits per heavy atom. The Balaban J connectivity index is 1.32. The minimum absolute atomic E-state index is 0.00713. The highest BCUT2D eigenvalue weighted by molar-refractivity contribution is 8.02. The number of thiazole rings is 1. The lowest BCUT2D eigenvalue weighted by molar-refractivity contribution is -0.179. The van der Waals surface area contributed by atoms with Gasteiger partial charge in [-0.1, -0.05) is 16.9 Å². The van der Waals surface area contributed by atoms with Crippen molar-refractivity contribution in [3.63, 3.8) is 0 Å². The van der Waals surface area contributed by atoms with Crippen LogP contribution < -0.4 is 11.3 Å². The highest BCUT2D eigenvalue weighted by Crippen LogP contribution is 2.53. The lowest BCUT2D eigenvalue weighted by Gasteiger charge is -2.40. The van der Waals surface area contributed by atoms with Gasteiger partial charge in [0.05, 0.1) is 42.5 Å². The van der Waals surface area contributed by atoms with Gasteiger partial charge in [0.15, 0.2) is 11.5 Å². The van der Waals surface area contributed by atoms with Gasteiger partial charge in [0, 0.05) is 18.3 Å². The van der Waals surface area contributed by atoms with Crippen LogP contribution in [0.5, 0.6) is 0 Å². The predicted octanol–water partition coefficient (Wildman–Crippen LogP) is 0.0795. The summed E-state index contributed by atoms with van der Waals surface area (Å²) in [6, 6.07) is -2.45. The smallest absolute Gasteiger partial charge is 0.378 e. The standard InChI is InChI=1S/C28H36BN9O10S2/c1-14-31-16(12-49-14)18(33-48-27(5,6)21(41)46-26(2,3)4)17(39)11-15-19(40)35-13-28(22(42)47-29,50-20(15)35)36-8-10-38(25(36)45)32-23(43)34-7-9-37(30)24(34)44/h12,15,20H,7-11,13,30H2,1-6H3,(H,32,43)/b33-18-/t15-,20-,28-/m1/s1. The Morgan fingerprint density at radius 2 is 1.80 bits per heavy atom. The molecule has 4 aliphatic heterocycles. The number of ketones is 1. The van der Waals surface area contributed by atoms with E-state index in [1.54, 1.807) is 33.1 Å². The molecule has 268 valence electrons. The average Bonchev–Trinajstić information content (AvgIpc) is 3.81. The van der Waals surface area contributed by atoms with E-state index in [4.69, 9.17) is 23.5 Å². The molecule has 4 saturated heterocycles. The molecule has 7 amide bonds. The average molecular weight is 734 g/mol. The highest BCUT2D eigenvalue weighted by Gasteiger charge is 2.66. The highest BCUT2D eigenvalue weighted by atomic mass is 32.2. The van der Waals surface area contributed by atoms with Gasteiger partial charge in [-0.25, -0.2) is 45.3 Å². The van der Waals surface area contributed by atoms with Crippen LogP contribution in [-0.4, -0.2) is 139 Å². The van der Waals surface area contributed by atoms with E-state index in [1.807, 2.05) is 0 Å². The molecule has 22 heteroatoms. The Kier molecular flexibility index (Phi) is 9.84. The minimum atomic E-state index is -1.82. The zero-order valence-electron chi connectivity index (χ0n) is 28.2. The first-order chi connectivity index (χ1) is 23.3. The van der Waals surface area contributed by atoms with Crippen molar-refractivity contribution >= 4 is 78.6 Å². The van der Waals surface area contributed by atoms with E-state index in [9.17, 15) is 33.6 Å². The fraction of sp³-hybridized carbons (Fsp3) is 0.607. The molecule has 3 atom stereocenters. The normalized spacial score (nSPS) is 24.0. The number of hydrogen-bond donors (Lipinski definition) is 2. The van der Waals surface area contributed by atoms with Gasteiger partial charge in [0.25, 0.3) is 0 Å². The molecule has 0 aliphatic carbocycles. The van der Waals surface area contributed by atoms with Gasteiger partial charge in [0.1, 0.15) is 11.3 Å². The predicted molar refractivity (Wildman–Crippen MR) is 176 cm³/mol. The first kappa shape index (κ1) is 36.8. The number of urea groups is 3. The number of amides is 7. The van der Waals surface area contributed by atoms with E-state index in [0.717, 1.165) is 31.6 Å². The quantitative estimate of drug-likeness (QED) is 0.0619. The van der Waals surface area contributed by atoms with Gasteiger partial charge in [-0.05, 0) is 41.5 Å². The number of nitrogens with one attached hydrogen (secondary N) is 1. The second-order valence-electron chi connectivity index (χ2n) is 13.3. The number of nitrogens with two attached hydrogens (primary N) is 1. The summed E-state index contributed by atoms with van der Waals surface area (Å²) in [6.07, 6.45) is -0.370. The second-order valence-corrected chi connectivity index (χ2v) is 15.8. The summed E-state index contributed by atoms with van der Waals surface area (Å²) in [5.74, 6) is 1.75. The van der Waals surface area contributed by atoms with Crippen LogP contribution in [0, 0.1) is 12.8 Å². The van der Waals surface area contributed by atoms with Crippen molar-refractivity contribution in [2.24, 2.45) is 16.9 Å². The summed E-state index contributed by atoms with van der Waals surface area (Å²) < 4.78 is 10.00. The molecule has 0 unspecified atom stereocenters. The number of nitrogens with zero attached hydrogens (tertiary/aromatic N) is 7. The Morgan fingerprint density at radius 3 is 2.38 bits per heavy atom. The molecule has 4 fully saturated rings. The van der Waals surface area contributed by atoms with Crippen molar-refractivity contribution < 1.29 is 47.8 Å². The van der Waals surface area contributed by atoms with Crippen molar-refractivity contribution in [3.8, 4) is 0 Å². The first-order valence-corrected chi connectivity index (χ1v) is 17.1. The molecule has 4 aliphatic rings. The second kappa shape index (κ2) is 13.4. The van der Waals surface area contributed by atoms with E-state index >= 15 is 0 Å². The van der Waals surface area contributed by atoms with E-state index in [1.165, 1.54) is 30.1 Å². The Labute approximate surface area is 296 Å². The molecular formula is C28H36BN9O10S2. The number of hydrazine groups is 2. The zero-order valence-corrected chi connectivity index (χ0v) is 29.8. The van der Waals surface area contributed by atoms with Gasteiger partial charge < -0.3 is 19.1 Å². The van der Waals surface area contributed by atoms with Gasteiger partial charge >= 0.3 is 38.1 Å². The number of imide groups is 1. The van der Waals surface area contributed by atoms with E-state index in [0.29, 0.717) is 5.01 Å². The number of thioether (sulfide) groups is 1. The summed E-state index contributed by atoms with van der Waals surface area (Å²) in [5, 5.41) is 7.27. The number of carbonyl (C=O) groups excluding carboxylic acids is 7. The number of aryl methyl sites for hydroxylation is 1. The number of rotatable bonds is 10. The number of oxime groups is 1. The van der Waals surface area contributed by atoms with E-state index < -0.39 is 69.1 Å². The Hall–Kier alpha value is -4.44. The SMILES string of the molecule is [B]OC(=O)[C@@]1(N2CCN(NC(=O)N3CCN(N)C3=O)C2=O)CN2C(=O)[C@@H](CC(=O)/C(=N\OC(C)(C)C(=O)OC(C)(C)C)c3csc(C)n3)[C@H]2S1. The van der Waals surface area contributed by atoms with Gasteiger partial charge in [-0.3, -0.25) is 24.3 Å². The van der Waals surface area contributed by atoms with Crippen molar-refractivity contribution in [1.29, 1.82) is 0 Å². The van der Waals surface area contributed by atoms with Crippen molar-refractivity contribution in [2.45, 2.75) is 69.4 Å². The molecule has 19 nitrogen and oxygen atoms in total. The number of Topliss-reactive ketones (excluding diaryl/α,β-unsaturated/α-hetero) is 1. The van der Waals surface area contributed by atoms with Crippen LogP contribution in [0.3, 0.4) is 0 Å². The van der Waals surface area contributed by atoms with Gasteiger partial charge in [0.2, 0.25) is 16.4 Å². The maximum atomic E-state index is 13.8. The van der Waals surface area contributed by atoms with E-state index in [-0.39, 0.29) is 50.6 Å². The molecule has 0 bridgehead atoms. The fourth-order valence-electron chi connectivity index (χ4n) is 5.53. The minimum Gasteiger partial charge on any atom is -0.541 e. The maximum Gasteiger partial charge on any atom is 0.378 e. The van der Waals surface area contributed by atoms with Crippen molar-refractivity contribution in [1.82, 2.24) is 35.1 Å². The molecule has 0 saturated carbocycles. The number of fused-ring (bicyclic) bond motifs is 1. The van der Waals surface area contributed by atoms with Gasteiger partial charge in [-0.15, -0.1) is 11.3 Å². The molecule has 50 heavy (non-hydrogen) atoms. The third-order valence-corrected chi connectivity index (χ3v) is 10.6. The van der Waals surface area contributed by atoms with Crippen LogP contribution >= 0.6 is 23.1 Å². The molecule has 5 rings (SSSR count). The largest absolute Gasteiger partial charge is 0.541 e. The number of esters is 1. The van der Waals surface area contributed by atoms with Crippen LogP contribution in [0.25, 0.3) is 0 Å². The lowest BCUT2D eigenvalue weighted by Crippen LogP contribution is -2.60. The Bertz CT molecular complexity index is 1670. The van der Waals surface area contributed by atoms with Crippen LogP contribution in [0.1, 0.15) is 51.7 Å². The molecule has 5 heterocycles. The molecular weight excluding hydrogens is 697 g/mol. The summed E-state index contributed by atoms with van der Waals surface area (Å²) in [6.45, 7) is 9.33. The molecule has 0 spiro atoms. The topological polar surface area (TPSA) is 227 Å². The number of carbonyl (C=O) groups is 7. The molecule has 3 N–H and O–H groups in total. The van der Waals surface area contributed by atoms with Crippen LogP contribution in [-0.2, 0) is 33.4 Å². The third kappa shape index (κ3) is 6.82. The number of hydrogen-bond acceptors (Lipinski definition) is 15. The van der Waals surface area contributed by atoms with Crippen LogP contribution in [0.4, 0.5) is 14.4 Å². The number of ether oxygens (including phenoxy) is 1. The van der Waals surface area contributed by atoms with Crippen LogP contribution in [0.2, 0.25) is 0 Å². The third-order valence-electron chi connectivity index (χ3n) is 8.13. The van der Waals surface area contributed by atoms with Gasteiger partial charge in [-0.2, -0.15) is 0 Å². The molecule has 1 aromatic heterocycles. The van der Waals surface area contributed by atoms with Crippen molar-refractivity contribution in [3.05, 3.63) is 16.1 Å². The first-order valence-electron chi connectivity index (χ1n) is 15.4. The fourth-order valence-corrected chi connectivity index (χ4v) is 7.86. The molecule has 0 aromatic carbocycles. The lowest BCUT2D eigenvalue weighted by atomic mass is 9.90. The monoisotopic (exact) mass is 733 g/mol. The van der Waals surface area contributed by atoms with Crippen LogP contribution in [0.15, 0.2) is 10.5 Å². The summed E-state index contributed by atoms with van der Waals surface area (Å²) in [4.78, 5) is 103. The molecule has 1 aromatic rings. The summed E-state index contributed by atoms with van der Waals surface area (Å²) in [5.41, 5.74) is -0.0757. The summed E-state index contributed by atoms with van der Waals surface area (Å²) >= 11 is 2.17. The number of aromatic nitrogens is 1. The van der Waals surface area contributed by atoms with Crippen molar-refractivity contribution in [2.75, 3.05) is 32.7 Å². The number of β-lactam (4-membered cyclic amide) rings is 1.